The Kier molecular flexibility index (Phi) is 2.78. The van der Waals surface area contributed by atoms with Crippen molar-refractivity contribution in [3.8, 4) is 0 Å². The Morgan fingerprint density at radius 1 is 1.40 bits per heavy atom. The molecule has 1 fully saturated rings. The van der Waals surface area contributed by atoms with Crippen molar-refractivity contribution in [2.45, 2.75) is 37.6 Å². The molecule has 15 heavy (non-hydrogen) atoms. The summed E-state index contributed by atoms with van der Waals surface area (Å²) in [4.78, 5) is 0. The fourth-order valence-corrected chi connectivity index (χ4v) is 2.13. The Balaban J connectivity index is 1.96. The van der Waals surface area contributed by atoms with Gasteiger partial charge in [-0.1, -0.05) is 0 Å². The fraction of sp³-hybridized carbons (Fsp3) is 0.636. The third-order valence-corrected chi connectivity index (χ3v) is 3.14. The van der Waals surface area contributed by atoms with Gasteiger partial charge in [0.25, 0.3) is 0 Å². The normalized spacial score (nSPS) is 23.9. The van der Waals surface area contributed by atoms with Gasteiger partial charge in [-0.2, -0.15) is 0 Å². The van der Waals surface area contributed by atoms with E-state index in [0.29, 0.717) is 18.6 Å². The van der Waals surface area contributed by atoms with E-state index in [9.17, 15) is 8.78 Å². The maximum absolute atomic E-state index is 12.9. The molecule has 2 nitrogen and oxygen atoms in total. The van der Waals surface area contributed by atoms with E-state index in [2.05, 4.69) is 0 Å². The van der Waals surface area contributed by atoms with Gasteiger partial charge in [-0.25, -0.2) is 8.78 Å². The lowest BCUT2D eigenvalue weighted by molar-refractivity contribution is -0.0490. The first-order valence-electron chi connectivity index (χ1n) is 5.25. The molecule has 1 saturated carbocycles. The zero-order valence-corrected chi connectivity index (χ0v) is 8.46. The number of halogens is 2. The second-order valence-corrected chi connectivity index (χ2v) is 4.23. The first-order valence-corrected chi connectivity index (χ1v) is 5.25. The number of hydrogen-bond donors (Lipinski definition) is 1. The summed E-state index contributed by atoms with van der Waals surface area (Å²) in [6, 6.07) is 3.33. The quantitative estimate of drug-likeness (QED) is 0.823. The van der Waals surface area contributed by atoms with Crippen molar-refractivity contribution >= 4 is 0 Å². The molecule has 1 aliphatic rings. The average Bonchev–Trinajstić information content (AvgIpc) is 2.69. The minimum absolute atomic E-state index is 0.0495. The van der Waals surface area contributed by atoms with Crippen molar-refractivity contribution in [3.63, 3.8) is 0 Å². The Morgan fingerprint density at radius 2 is 2.07 bits per heavy atom. The molecule has 0 aliphatic heterocycles. The van der Waals surface area contributed by atoms with Crippen LogP contribution in [0.3, 0.4) is 0 Å². The zero-order valence-electron chi connectivity index (χ0n) is 8.46. The van der Waals surface area contributed by atoms with Crippen LogP contribution in [0, 0.1) is 5.92 Å². The van der Waals surface area contributed by atoms with Crippen LogP contribution in [-0.2, 0) is 0 Å². The van der Waals surface area contributed by atoms with Gasteiger partial charge in [-0.3, -0.25) is 0 Å². The summed E-state index contributed by atoms with van der Waals surface area (Å²) < 4.78 is 31.0. The molecule has 0 radical (unpaired) electrons. The predicted octanol–water partition coefficient (Wildman–Crippen LogP) is 3.10. The molecule has 1 aromatic heterocycles. The number of rotatable bonds is 2. The van der Waals surface area contributed by atoms with Crippen molar-refractivity contribution in [3.05, 3.63) is 24.2 Å². The lowest BCUT2D eigenvalue weighted by atomic mass is 9.81. The predicted molar refractivity (Wildman–Crippen MR) is 52.5 cm³/mol. The minimum atomic E-state index is -2.49. The zero-order chi connectivity index (χ0) is 10.9. The molecule has 0 amide bonds. The van der Waals surface area contributed by atoms with Crippen LogP contribution in [0.4, 0.5) is 8.78 Å². The van der Waals surface area contributed by atoms with E-state index in [1.165, 1.54) is 0 Å². The Bertz CT molecular complexity index is 300. The van der Waals surface area contributed by atoms with E-state index in [-0.39, 0.29) is 24.8 Å². The van der Waals surface area contributed by atoms with E-state index >= 15 is 0 Å². The molecule has 1 aliphatic carbocycles. The molecule has 84 valence electrons. The first-order chi connectivity index (χ1) is 7.08. The molecule has 0 aromatic carbocycles. The third-order valence-electron chi connectivity index (χ3n) is 3.14. The molecule has 0 bridgehead atoms. The van der Waals surface area contributed by atoms with Gasteiger partial charge < -0.3 is 10.2 Å². The van der Waals surface area contributed by atoms with Crippen molar-refractivity contribution in [1.82, 2.24) is 0 Å². The van der Waals surface area contributed by atoms with Gasteiger partial charge in [0.15, 0.2) is 0 Å². The van der Waals surface area contributed by atoms with Crippen LogP contribution < -0.4 is 5.73 Å². The van der Waals surface area contributed by atoms with Crippen LogP contribution >= 0.6 is 0 Å². The molecule has 4 heteroatoms. The van der Waals surface area contributed by atoms with Crippen LogP contribution in [0.5, 0.6) is 0 Å². The van der Waals surface area contributed by atoms with Gasteiger partial charge in [-0.05, 0) is 30.9 Å². The Labute approximate surface area is 87.4 Å². The van der Waals surface area contributed by atoms with Gasteiger partial charge >= 0.3 is 0 Å². The lowest BCUT2D eigenvalue weighted by Crippen LogP contribution is -2.30. The first kappa shape index (κ1) is 10.6. The summed E-state index contributed by atoms with van der Waals surface area (Å²) >= 11 is 0. The van der Waals surface area contributed by atoms with E-state index in [1.807, 2.05) is 0 Å². The van der Waals surface area contributed by atoms with Gasteiger partial charge in [-0.15, -0.1) is 0 Å². The lowest BCUT2D eigenvalue weighted by Gasteiger charge is -2.30. The van der Waals surface area contributed by atoms with Crippen molar-refractivity contribution < 1.29 is 13.2 Å². The second-order valence-electron chi connectivity index (χ2n) is 4.23. The molecule has 2 N–H and O–H groups in total. The summed E-state index contributed by atoms with van der Waals surface area (Å²) in [6.45, 7) is 0. The average molecular weight is 215 g/mol. The van der Waals surface area contributed by atoms with Gasteiger partial charge in [0.05, 0.1) is 12.3 Å². The van der Waals surface area contributed by atoms with Crippen molar-refractivity contribution in [2.75, 3.05) is 0 Å². The molecule has 2 rings (SSSR count). The van der Waals surface area contributed by atoms with E-state index in [1.54, 1.807) is 18.4 Å². The van der Waals surface area contributed by atoms with Gasteiger partial charge in [0.2, 0.25) is 5.92 Å². The highest BCUT2D eigenvalue weighted by Crippen LogP contribution is 2.40. The monoisotopic (exact) mass is 215 g/mol. The summed E-state index contributed by atoms with van der Waals surface area (Å²) in [7, 11) is 0. The molecular weight excluding hydrogens is 200 g/mol. The van der Waals surface area contributed by atoms with Crippen molar-refractivity contribution in [2.24, 2.45) is 11.7 Å². The summed E-state index contributed by atoms with van der Waals surface area (Å²) in [5.41, 5.74) is 5.96. The van der Waals surface area contributed by atoms with Crippen molar-refractivity contribution in [1.29, 1.82) is 0 Å². The second kappa shape index (κ2) is 3.93. The standard InChI is InChI=1S/C11H15F2NO/c12-11(13)5-3-8(4-6-11)10(14)9-2-1-7-15-9/h1-2,7-8,10H,3-6,14H2. The number of nitrogens with two attached hydrogens (primary N) is 1. The largest absolute Gasteiger partial charge is 0.468 e. The Morgan fingerprint density at radius 3 is 2.60 bits per heavy atom. The summed E-state index contributed by atoms with van der Waals surface area (Å²) in [5, 5.41) is 0. The van der Waals surface area contributed by atoms with Crippen LogP contribution in [0.2, 0.25) is 0 Å². The van der Waals surface area contributed by atoms with Gasteiger partial charge in [0, 0.05) is 12.8 Å². The third kappa shape index (κ3) is 2.37. The molecule has 1 aromatic rings. The van der Waals surface area contributed by atoms with Crippen LogP contribution in [0.25, 0.3) is 0 Å². The molecule has 1 atom stereocenters. The highest BCUT2D eigenvalue weighted by Gasteiger charge is 2.37. The molecule has 1 unspecified atom stereocenters. The highest BCUT2D eigenvalue weighted by molar-refractivity contribution is 5.05. The van der Waals surface area contributed by atoms with E-state index in [0.717, 1.165) is 0 Å². The maximum atomic E-state index is 12.9. The smallest absolute Gasteiger partial charge is 0.248 e. The summed E-state index contributed by atoms with van der Waals surface area (Å²) in [6.07, 6.45) is 2.43. The number of furan rings is 1. The van der Waals surface area contributed by atoms with Crippen LogP contribution in [0.15, 0.2) is 22.8 Å². The van der Waals surface area contributed by atoms with Gasteiger partial charge in [0.1, 0.15) is 5.76 Å². The number of alkyl halides is 2. The molecule has 0 spiro atoms. The van der Waals surface area contributed by atoms with Crippen LogP contribution in [-0.4, -0.2) is 5.92 Å². The molecule has 0 saturated heterocycles. The molecular formula is C11H15F2NO. The topological polar surface area (TPSA) is 39.2 Å². The highest BCUT2D eigenvalue weighted by atomic mass is 19.3. The fourth-order valence-electron chi connectivity index (χ4n) is 2.13. The number of hydrogen-bond acceptors (Lipinski definition) is 2. The maximum Gasteiger partial charge on any atom is 0.248 e. The summed E-state index contributed by atoms with van der Waals surface area (Å²) in [5.74, 6) is -1.67. The SMILES string of the molecule is NC(c1ccco1)C1CCC(F)(F)CC1. The molecule has 1 heterocycles. The van der Waals surface area contributed by atoms with E-state index < -0.39 is 5.92 Å². The minimum Gasteiger partial charge on any atom is -0.468 e. The Hall–Kier alpha value is -0.900. The van der Waals surface area contributed by atoms with E-state index in [4.69, 9.17) is 10.2 Å². The van der Waals surface area contributed by atoms with Crippen LogP contribution in [0.1, 0.15) is 37.5 Å².